The molecule has 14 rings (SSSR count). The van der Waals surface area contributed by atoms with Gasteiger partial charge in [-0.25, -0.2) is 0 Å². The normalized spacial score (nSPS) is 16.3. The zero-order valence-corrected chi connectivity index (χ0v) is 42.2. The third-order valence-electron chi connectivity index (χ3n) is 16.9. The summed E-state index contributed by atoms with van der Waals surface area (Å²) in [5.74, 6) is 0. The molecule has 3 nitrogen and oxygen atoms in total. The third-order valence-corrected chi connectivity index (χ3v) is 18.1. The molecule has 4 heterocycles. The average Bonchev–Trinajstić information content (AvgIpc) is 4.03. The van der Waals surface area contributed by atoms with Crippen molar-refractivity contribution in [1.29, 1.82) is 0 Å². The standard InChI is InChI=1S/C64H56BN2OS/c1-34-25-44(40-31-56-43(28-51(40)66-36-21-19-35(20-22-36)61(2,3)4)42-26-48-49(33-57(42)69-56)63(7,8)24-23-62(48,5)6)59-60-58(34)45-30-55-41(38-16-12-14-18-54(38)68-55)29-52(45)67(60)53-32-47-39(27-50(53)65-59)37-15-11-13-17-46(37)64(47,9)10/h11-22,25-33,66H,23-24H2,1-10H3. The van der Waals surface area contributed by atoms with Crippen LogP contribution in [-0.2, 0) is 21.7 Å². The van der Waals surface area contributed by atoms with Gasteiger partial charge in [0.15, 0.2) is 7.28 Å². The van der Waals surface area contributed by atoms with Crippen LogP contribution in [0.1, 0.15) is 109 Å². The minimum Gasteiger partial charge on any atom is -0.456 e. The Labute approximate surface area is 409 Å². The van der Waals surface area contributed by atoms with Gasteiger partial charge >= 0.3 is 0 Å². The summed E-state index contributed by atoms with van der Waals surface area (Å²) in [6.45, 7) is 23.7. The number of hydrogen-bond donors (Lipinski definition) is 1. The highest BCUT2D eigenvalue weighted by Gasteiger charge is 2.40. The largest absolute Gasteiger partial charge is 0.456 e. The molecule has 5 heteroatoms. The van der Waals surface area contributed by atoms with Gasteiger partial charge in [0, 0.05) is 75.3 Å². The number of aryl methyl sites for hydroxylation is 1. The lowest BCUT2D eigenvalue weighted by Crippen LogP contribution is -2.38. The summed E-state index contributed by atoms with van der Waals surface area (Å²) in [6.07, 6.45) is 2.39. The summed E-state index contributed by atoms with van der Waals surface area (Å²) in [6, 6.07) is 48.9. The van der Waals surface area contributed by atoms with Gasteiger partial charge in [0.1, 0.15) is 11.2 Å². The summed E-state index contributed by atoms with van der Waals surface area (Å²) in [5, 5.41) is 11.5. The SMILES string of the molecule is Cc1cc(-c2cc3sc4cc5c(cc4c3cc2Nc2ccc(C(C)(C)C)cc2)C(C)(C)CCC5(C)C)c2c3c1c1cc4oc5ccccc5c4cc1n3-c1cc3c(cc1[B]2)-c1ccccc1C3(C)C. The van der Waals surface area contributed by atoms with Gasteiger partial charge < -0.3 is 14.3 Å². The van der Waals surface area contributed by atoms with Crippen LogP contribution in [0.15, 0.2) is 132 Å². The molecule has 8 aromatic carbocycles. The van der Waals surface area contributed by atoms with Crippen molar-refractivity contribution in [2.24, 2.45) is 0 Å². The fourth-order valence-corrected chi connectivity index (χ4v) is 14.1. The molecule has 1 radical (unpaired) electrons. The Bertz CT molecular complexity index is 4090. The van der Waals surface area contributed by atoms with E-state index in [1.807, 2.05) is 11.3 Å². The van der Waals surface area contributed by atoms with E-state index in [-0.39, 0.29) is 21.7 Å². The molecule has 1 N–H and O–H groups in total. The van der Waals surface area contributed by atoms with Crippen molar-refractivity contribution in [1.82, 2.24) is 4.57 Å². The molecule has 1 aliphatic heterocycles. The molecule has 2 aliphatic carbocycles. The van der Waals surface area contributed by atoms with Gasteiger partial charge in [-0.1, -0.05) is 135 Å². The van der Waals surface area contributed by atoms with Crippen molar-refractivity contribution in [2.75, 3.05) is 5.32 Å². The molecule has 0 atom stereocenters. The number of aromatic nitrogens is 1. The highest BCUT2D eigenvalue weighted by molar-refractivity contribution is 7.25. The van der Waals surface area contributed by atoms with E-state index >= 15 is 0 Å². The van der Waals surface area contributed by atoms with E-state index in [4.69, 9.17) is 4.42 Å². The summed E-state index contributed by atoms with van der Waals surface area (Å²) in [5.41, 5.74) is 23.9. The van der Waals surface area contributed by atoms with Crippen molar-refractivity contribution in [3.05, 3.63) is 161 Å². The van der Waals surface area contributed by atoms with Gasteiger partial charge in [0.25, 0.3) is 0 Å². The lowest BCUT2D eigenvalue weighted by Gasteiger charge is -2.41. The molecule has 11 aromatic rings. The molecule has 0 unspecified atom stereocenters. The highest BCUT2D eigenvalue weighted by atomic mass is 32.1. The van der Waals surface area contributed by atoms with Crippen molar-refractivity contribution in [3.63, 3.8) is 0 Å². The second-order valence-corrected chi connectivity index (χ2v) is 24.6. The smallest absolute Gasteiger partial charge is 0.197 e. The Morgan fingerprint density at radius 3 is 2.09 bits per heavy atom. The Kier molecular flexibility index (Phi) is 8.17. The Hall–Kier alpha value is -6.56. The van der Waals surface area contributed by atoms with Gasteiger partial charge in [-0.15, -0.1) is 11.3 Å². The van der Waals surface area contributed by atoms with Gasteiger partial charge in [0.05, 0.1) is 5.52 Å². The molecule has 0 saturated heterocycles. The van der Waals surface area contributed by atoms with E-state index in [1.165, 1.54) is 127 Å². The molecular weight excluding hydrogens is 856 g/mol. The van der Waals surface area contributed by atoms with Crippen LogP contribution < -0.4 is 16.2 Å². The number of benzene rings is 8. The van der Waals surface area contributed by atoms with Crippen LogP contribution in [0.3, 0.4) is 0 Å². The number of furan rings is 1. The van der Waals surface area contributed by atoms with Crippen LogP contribution in [0.2, 0.25) is 0 Å². The van der Waals surface area contributed by atoms with Gasteiger partial charge in [-0.05, 0) is 152 Å². The monoisotopic (exact) mass is 911 g/mol. The van der Waals surface area contributed by atoms with Crippen molar-refractivity contribution < 1.29 is 4.42 Å². The van der Waals surface area contributed by atoms with Gasteiger partial charge in [-0.3, -0.25) is 0 Å². The molecule has 69 heavy (non-hydrogen) atoms. The molecule has 0 amide bonds. The summed E-state index contributed by atoms with van der Waals surface area (Å²) >= 11 is 1.95. The lowest BCUT2D eigenvalue weighted by atomic mass is 9.58. The molecule has 3 aromatic heterocycles. The second-order valence-electron chi connectivity index (χ2n) is 23.6. The maximum atomic E-state index is 6.62. The summed E-state index contributed by atoms with van der Waals surface area (Å²) in [4.78, 5) is 0. The van der Waals surface area contributed by atoms with E-state index in [0.29, 0.717) is 0 Å². The Morgan fingerprint density at radius 2 is 1.30 bits per heavy atom. The predicted octanol–water partition coefficient (Wildman–Crippen LogP) is 16.7. The Morgan fingerprint density at radius 1 is 0.594 bits per heavy atom. The minimum absolute atomic E-state index is 0.0630. The molecule has 337 valence electrons. The van der Waals surface area contributed by atoms with Crippen molar-refractivity contribution in [3.8, 4) is 27.9 Å². The van der Waals surface area contributed by atoms with E-state index in [1.54, 1.807) is 0 Å². The summed E-state index contributed by atoms with van der Waals surface area (Å²) in [7, 11) is 2.51. The van der Waals surface area contributed by atoms with Gasteiger partial charge in [0.2, 0.25) is 0 Å². The first-order valence-corrected chi connectivity index (χ1v) is 25.8. The maximum absolute atomic E-state index is 6.62. The topological polar surface area (TPSA) is 30.1 Å². The molecule has 3 aliphatic rings. The van der Waals surface area contributed by atoms with Crippen LogP contribution >= 0.6 is 11.3 Å². The molecule has 0 bridgehead atoms. The van der Waals surface area contributed by atoms with Gasteiger partial charge in [-0.2, -0.15) is 0 Å². The van der Waals surface area contributed by atoms with Crippen LogP contribution in [-0.4, -0.2) is 11.8 Å². The first-order valence-electron chi connectivity index (χ1n) is 24.9. The number of nitrogens with one attached hydrogen (secondary N) is 1. The fourth-order valence-electron chi connectivity index (χ4n) is 12.9. The zero-order chi connectivity index (χ0) is 47.3. The first kappa shape index (κ1) is 41.4. The fraction of sp³-hybridized carbons (Fsp3) is 0.250. The second kappa shape index (κ2) is 13.6. The number of nitrogens with zero attached hydrogens (tertiary/aromatic N) is 1. The highest BCUT2D eigenvalue weighted by Crippen LogP contribution is 2.52. The number of fused-ring (bicyclic) bond motifs is 15. The Balaban J connectivity index is 1.07. The number of rotatable bonds is 3. The first-order chi connectivity index (χ1) is 32.9. The van der Waals surface area contributed by atoms with Crippen molar-refractivity contribution in [2.45, 2.75) is 104 Å². The van der Waals surface area contributed by atoms with E-state index in [0.717, 1.165) is 33.3 Å². The van der Waals surface area contributed by atoms with Crippen LogP contribution in [0.4, 0.5) is 11.4 Å². The van der Waals surface area contributed by atoms with Crippen LogP contribution in [0.5, 0.6) is 0 Å². The number of anilines is 2. The average molecular weight is 912 g/mol. The number of hydrogen-bond acceptors (Lipinski definition) is 3. The van der Waals surface area contributed by atoms with Crippen LogP contribution in [0.25, 0.3) is 91.9 Å². The predicted molar refractivity (Wildman–Crippen MR) is 297 cm³/mol. The summed E-state index contributed by atoms with van der Waals surface area (Å²) < 4.78 is 11.9. The third kappa shape index (κ3) is 5.74. The quantitative estimate of drug-likeness (QED) is 0.179. The number of para-hydroxylation sites is 1. The maximum Gasteiger partial charge on any atom is 0.197 e. The number of thiophene rings is 1. The van der Waals surface area contributed by atoms with Crippen molar-refractivity contribution >= 4 is 105 Å². The molecule has 0 saturated carbocycles. The lowest BCUT2D eigenvalue weighted by molar-refractivity contribution is 0.332. The molecular formula is C64H56BN2OS. The molecule has 0 fully saturated rings. The van der Waals surface area contributed by atoms with E-state index < -0.39 is 0 Å². The minimum atomic E-state index is -0.134. The van der Waals surface area contributed by atoms with E-state index in [9.17, 15) is 0 Å². The molecule has 0 spiro atoms. The van der Waals surface area contributed by atoms with E-state index in [2.05, 4.69) is 214 Å². The van der Waals surface area contributed by atoms with Crippen LogP contribution in [0, 0.1) is 6.92 Å². The zero-order valence-electron chi connectivity index (χ0n) is 41.4.